The van der Waals surface area contributed by atoms with Crippen molar-refractivity contribution in [2.24, 2.45) is 13.0 Å². The second-order valence-corrected chi connectivity index (χ2v) is 9.00. The number of nitrogens with zero attached hydrogens (tertiary/aromatic N) is 3. The molecular formula is C27H33N5O3. The second-order valence-electron chi connectivity index (χ2n) is 9.00. The van der Waals surface area contributed by atoms with Crippen LogP contribution < -0.4 is 10.6 Å². The normalized spacial score (nSPS) is 17.5. The molecule has 1 unspecified atom stereocenters. The lowest BCUT2D eigenvalue weighted by Crippen LogP contribution is -2.35. The number of carbonyl (C=O) groups excluding carboxylic acids is 3. The molecule has 0 aliphatic carbocycles. The molecule has 4 rings (SSSR count). The molecule has 1 aromatic heterocycles. The first-order valence-electron chi connectivity index (χ1n) is 12.3. The van der Waals surface area contributed by atoms with Gasteiger partial charge in [0.05, 0.1) is 11.0 Å². The Balaban J connectivity index is 1.34. The summed E-state index contributed by atoms with van der Waals surface area (Å²) in [6.07, 6.45) is 2.84. The molecule has 3 aromatic rings. The number of benzene rings is 2. The molecule has 8 heteroatoms. The Hall–Kier alpha value is -3.68. The molecule has 1 atom stereocenters. The van der Waals surface area contributed by atoms with Crippen LogP contribution in [-0.4, -0.2) is 58.4 Å². The molecule has 2 heterocycles. The minimum Gasteiger partial charge on any atom is -0.356 e. The van der Waals surface area contributed by atoms with Gasteiger partial charge in [0.25, 0.3) is 5.91 Å². The van der Waals surface area contributed by atoms with E-state index in [0.717, 1.165) is 16.9 Å². The molecular weight excluding hydrogens is 442 g/mol. The van der Waals surface area contributed by atoms with Gasteiger partial charge in [-0.15, -0.1) is 0 Å². The predicted molar refractivity (Wildman–Crippen MR) is 135 cm³/mol. The van der Waals surface area contributed by atoms with Gasteiger partial charge in [0, 0.05) is 57.5 Å². The van der Waals surface area contributed by atoms with Crippen molar-refractivity contribution in [1.29, 1.82) is 0 Å². The highest BCUT2D eigenvalue weighted by Crippen LogP contribution is 2.16. The zero-order valence-electron chi connectivity index (χ0n) is 20.2. The number of para-hydroxylation sites is 2. The summed E-state index contributed by atoms with van der Waals surface area (Å²) in [4.78, 5) is 44.6. The average Bonchev–Trinajstić information content (AvgIpc) is 3.18. The lowest BCUT2D eigenvalue weighted by atomic mass is 9.98. The largest absolute Gasteiger partial charge is 0.356 e. The fourth-order valence-corrected chi connectivity index (χ4v) is 4.58. The van der Waals surface area contributed by atoms with Crippen molar-refractivity contribution >= 4 is 28.8 Å². The highest BCUT2D eigenvalue weighted by molar-refractivity contribution is 5.94. The number of aryl methyl sites for hydroxylation is 1. The molecule has 35 heavy (non-hydrogen) atoms. The van der Waals surface area contributed by atoms with Crippen LogP contribution in [0.3, 0.4) is 0 Å². The Bertz CT molecular complexity index is 1170. The third-order valence-corrected chi connectivity index (χ3v) is 6.61. The van der Waals surface area contributed by atoms with Gasteiger partial charge < -0.3 is 20.1 Å². The van der Waals surface area contributed by atoms with Crippen molar-refractivity contribution in [3.05, 3.63) is 66.0 Å². The first-order chi connectivity index (χ1) is 17.0. The van der Waals surface area contributed by atoms with Crippen molar-refractivity contribution in [3.8, 4) is 0 Å². The molecule has 1 saturated heterocycles. The van der Waals surface area contributed by atoms with Gasteiger partial charge in [-0.1, -0.05) is 30.3 Å². The van der Waals surface area contributed by atoms with Crippen LogP contribution in [0.4, 0.5) is 0 Å². The number of hydrogen-bond donors (Lipinski definition) is 2. The molecule has 1 fully saturated rings. The highest BCUT2D eigenvalue weighted by Gasteiger charge is 2.22. The molecule has 0 spiro atoms. The first kappa shape index (κ1) is 24.4. The number of nitrogens with one attached hydrogen (secondary N) is 2. The van der Waals surface area contributed by atoms with E-state index in [1.54, 1.807) is 17.0 Å². The molecule has 0 bridgehead atoms. The van der Waals surface area contributed by atoms with Gasteiger partial charge in [0.2, 0.25) is 11.8 Å². The number of hydrogen-bond acceptors (Lipinski definition) is 4. The van der Waals surface area contributed by atoms with E-state index in [0.29, 0.717) is 57.4 Å². The van der Waals surface area contributed by atoms with Crippen LogP contribution in [0.15, 0.2) is 54.6 Å². The number of aromatic nitrogens is 2. The Morgan fingerprint density at radius 2 is 1.83 bits per heavy atom. The maximum atomic E-state index is 13.0. The van der Waals surface area contributed by atoms with E-state index >= 15 is 0 Å². The first-order valence-corrected chi connectivity index (χ1v) is 12.3. The van der Waals surface area contributed by atoms with Crippen molar-refractivity contribution < 1.29 is 14.4 Å². The van der Waals surface area contributed by atoms with Gasteiger partial charge in [0.1, 0.15) is 5.82 Å². The summed E-state index contributed by atoms with van der Waals surface area (Å²) in [5, 5.41) is 5.96. The average molecular weight is 476 g/mol. The summed E-state index contributed by atoms with van der Waals surface area (Å²) in [6.45, 7) is 1.84. The Morgan fingerprint density at radius 3 is 2.63 bits per heavy atom. The van der Waals surface area contributed by atoms with Crippen LogP contribution in [-0.2, 0) is 23.1 Å². The molecule has 184 valence electrons. The summed E-state index contributed by atoms with van der Waals surface area (Å²) < 4.78 is 2.06. The molecule has 1 aliphatic heterocycles. The Morgan fingerprint density at radius 1 is 1.06 bits per heavy atom. The zero-order valence-corrected chi connectivity index (χ0v) is 20.2. The van der Waals surface area contributed by atoms with Gasteiger partial charge >= 0.3 is 0 Å². The fraction of sp³-hybridized carbons (Fsp3) is 0.407. The van der Waals surface area contributed by atoms with Gasteiger partial charge in [-0.25, -0.2) is 4.98 Å². The van der Waals surface area contributed by atoms with Crippen LogP contribution in [0, 0.1) is 5.92 Å². The molecule has 0 saturated carbocycles. The number of carbonyl (C=O) groups is 3. The Labute approximate surface area is 205 Å². The Kier molecular flexibility index (Phi) is 8.13. The second kappa shape index (κ2) is 11.6. The van der Waals surface area contributed by atoms with E-state index in [1.807, 2.05) is 49.5 Å². The van der Waals surface area contributed by atoms with Crippen molar-refractivity contribution in [3.63, 3.8) is 0 Å². The predicted octanol–water partition coefficient (Wildman–Crippen LogP) is 2.68. The van der Waals surface area contributed by atoms with E-state index < -0.39 is 0 Å². The molecule has 1 aliphatic rings. The molecule has 0 radical (unpaired) electrons. The van der Waals surface area contributed by atoms with Gasteiger partial charge in [0.15, 0.2) is 0 Å². The van der Waals surface area contributed by atoms with E-state index in [9.17, 15) is 14.4 Å². The summed E-state index contributed by atoms with van der Waals surface area (Å²) in [5.74, 6) is 0.511. The molecule has 8 nitrogen and oxygen atoms in total. The van der Waals surface area contributed by atoms with E-state index in [1.165, 1.54) is 0 Å². The van der Waals surface area contributed by atoms with Crippen molar-refractivity contribution in [2.45, 2.75) is 32.1 Å². The van der Waals surface area contributed by atoms with E-state index in [2.05, 4.69) is 20.2 Å². The number of amides is 3. The molecule has 2 aromatic carbocycles. The van der Waals surface area contributed by atoms with Gasteiger partial charge in [-0.2, -0.15) is 0 Å². The maximum Gasteiger partial charge on any atom is 0.253 e. The summed E-state index contributed by atoms with van der Waals surface area (Å²) in [5.41, 5.74) is 2.63. The third-order valence-electron chi connectivity index (χ3n) is 6.61. The standard InChI is InChI=1S/C27H33N5O3/c1-31-23-12-6-5-11-22(23)30-24(31)14-17-29-26(34)20-10-7-18-32(19-15-25(33)28-16-13-20)27(35)21-8-3-2-4-9-21/h2-6,8-9,11-12,20H,7,10,13-19H2,1H3,(H,28,33)(H,29,34). The highest BCUT2D eigenvalue weighted by atomic mass is 16.2. The topological polar surface area (TPSA) is 96.3 Å². The summed E-state index contributed by atoms with van der Waals surface area (Å²) >= 11 is 0. The minimum atomic E-state index is -0.220. The lowest BCUT2D eigenvalue weighted by Gasteiger charge is -2.23. The zero-order chi connectivity index (χ0) is 24.6. The van der Waals surface area contributed by atoms with Crippen LogP contribution in [0.5, 0.6) is 0 Å². The van der Waals surface area contributed by atoms with Crippen molar-refractivity contribution in [1.82, 2.24) is 25.1 Å². The smallest absolute Gasteiger partial charge is 0.253 e. The van der Waals surface area contributed by atoms with Gasteiger partial charge in [-0.3, -0.25) is 14.4 Å². The van der Waals surface area contributed by atoms with Crippen molar-refractivity contribution in [2.75, 3.05) is 26.2 Å². The van der Waals surface area contributed by atoms with Gasteiger partial charge in [-0.05, 0) is 43.5 Å². The fourth-order valence-electron chi connectivity index (χ4n) is 4.58. The number of imidazole rings is 1. The molecule has 3 amide bonds. The number of fused-ring (bicyclic) bond motifs is 1. The van der Waals surface area contributed by atoms with Crippen LogP contribution >= 0.6 is 0 Å². The van der Waals surface area contributed by atoms with E-state index in [4.69, 9.17) is 0 Å². The lowest BCUT2D eigenvalue weighted by molar-refractivity contribution is -0.126. The minimum absolute atomic E-state index is 0.0156. The molecule has 2 N–H and O–H groups in total. The van der Waals surface area contributed by atoms with Crippen LogP contribution in [0.25, 0.3) is 11.0 Å². The summed E-state index contributed by atoms with van der Waals surface area (Å²) in [6, 6.07) is 17.1. The maximum absolute atomic E-state index is 13.0. The van der Waals surface area contributed by atoms with Crippen LogP contribution in [0.1, 0.15) is 41.9 Å². The summed E-state index contributed by atoms with van der Waals surface area (Å²) in [7, 11) is 1.99. The van der Waals surface area contributed by atoms with E-state index in [-0.39, 0.29) is 30.1 Å². The third kappa shape index (κ3) is 6.26. The van der Waals surface area contributed by atoms with Crippen LogP contribution in [0.2, 0.25) is 0 Å². The quantitative estimate of drug-likeness (QED) is 0.593. The monoisotopic (exact) mass is 475 g/mol. The number of rotatable bonds is 5. The SMILES string of the molecule is Cn1c(CCNC(=O)C2CCCN(C(=O)c3ccccc3)CCC(=O)NCC2)nc2ccccc21.